The van der Waals surface area contributed by atoms with Crippen molar-refractivity contribution in [3.8, 4) is 0 Å². The predicted octanol–water partition coefficient (Wildman–Crippen LogP) is 3.17. The van der Waals surface area contributed by atoms with Crippen LogP contribution in [0.25, 0.3) is 0 Å². The van der Waals surface area contributed by atoms with Crippen LogP contribution in [0.15, 0.2) is 54.6 Å². The number of nitrogens with zero attached hydrogens (tertiary/aromatic N) is 1. The normalized spacial score (nSPS) is 21.5. The van der Waals surface area contributed by atoms with Crippen LogP contribution in [0.5, 0.6) is 0 Å². The lowest BCUT2D eigenvalue weighted by atomic mass is 9.72. The lowest BCUT2D eigenvalue weighted by Gasteiger charge is -2.41. The van der Waals surface area contributed by atoms with E-state index in [-0.39, 0.29) is 17.7 Å². The summed E-state index contributed by atoms with van der Waals surface area (Å²) in [7, 11) is -3.24. The summed E-state index contributed by atoms with van der Waals surface area (Å²) in [5, 5.41) is 3.30. The van der Waals surface area contributed by atoms with E-state index in [1.165, 1.54) is 15.4 Å². The van der Waals surface area contributed by atoms with Gasteiger partial charge in [-0.15, -0.1) is 0 Å². The minimum Gasteiger partial charge on any atom is -0.349 e. The van der Waals surface area contributed by atoms with Gasteiger partial charge in [-0.2, -0.15) is 0 Å². The maximum Gasteiger partial charge on any atom is 0.231 e. The molecule has 154 valence electrons. The molecular weight excluding hydrogens is 384 g/mol. The van der Waals surface area contributed by atoms with Gasteiger partial charge in [-0.1, -0.05) is 54.6 Å². The number of piperidine rings is 1. The molecule has 1 amide bonds. The Morgan fingerprint density at radius 1 is 1.07 bits per heavy atom. The van der Waals surface area contributed by atoms with Crippen molar-refractivity contribution < 1.29 is 13.2 Å². The van der Waals surface area contributed by atoms with E-state index in [1.54, 1.807) is 6.92 Å². The summed E-state index contributed by atoms with van der Waals surface area (Å²) >= 11 is 0. The third kappa shape index (κ3) is 3.71. The number of benzene rings is 2. The highest BCUT2D eigenvalue weighted by Crippen LogP contribution is 2.39. The highest BCUT2D eigenvalue weighted by molar-refractivity contribution is 7.89. The average Bonchev–Trinajstić information content (AvgIpc) is 3.17. The van der Waals surface area contributed by atoms with Crippen LogP contribution >= 0.6 is 0 Å². The van der Waals surface area contributed by atoms with Gasteiger partial charge in [0.15, 0.2) is 0 Å². The number of hydrogen-bond donors (Lipinski definition) is 1. The van der Waals surface area contributed by atoms with E-state index >= 15 is 0 Å². The van der Waals surface area contributed by atoms with Crippen molar-refractivity contribution in [1.29, 1.82) is 0 Å². The van der Waals surface area contributed by atoms with Crippen LogP contribution in [0.3, 0.4) is 0 Å². The Hall–Kier alpha value is -2.18. The first kappa shape index (κ1) is 20.1. The van der Waals surface area contributed by atoms with Crippen LogP contribution < -0.4 is 5.32 Å². The molecule has 1 N–H and O–H groups in total. The van der Waals surface area contributed by atoms with Gasteiger partial charge in [0.1, 0.15) is 0 Å². The van der Waals surface area contributed by atoms with Crippen molar-refractivity contribution in [2.75, 3.05) is 18.8 Å². The number of sulfonamides is 1. The van der Waals surface area contributed by atoms with Gasteiger partial charge in [0, 0.05) is 13.1 Å². The number of fused-ring (bicyclic) bond motifs is 1. The molecule has 1 atom stereocenters. The largest absolute Gasteiger partial charge is 0.349 e. The standard InChI is InChI=1S/C23H28N2O3S/c1-2-29(27,28)25-16-14-23(15-17-25,19-9-4-3-5-10-19)22(26)24-21-13-12-18-8-6-7-11-20(18)21/h3-11,21H,2,12-17H2,1H3,(H,24,26). The van der Waals surface area contributed by atoms with Gasteiger partial charge in [-0.25, -0.2) is 12.7 Å². The molecule has 1 heterocycles. The number of hydrogen-bond acceptors (Lipinski definition) is 3. The molecule has 1 unspecified atom stereocenters. The second kappa shape index (κ2) is 7.92. The number of carbonyl (C=O) groups is 1. The maximum absolute atomic E-state index is 13.6. The minimum absolute atomic E-state index is 0.0129. The minimum atomic E-state index is -3.24. The molecule has 0 radical (unpaired) electrons. The molecule has 2 aliphatic rings. The molecular formula is C23H28N2O3S. The third-order valence-electron chi connectivity index (χ3n) is 6.53. The molecule has 4 rings (SSSR count). The number of rotatable bonds is 5. The molecule has 1 aliphatic heterocycles. The van der Waals surface area contributed by atoms with Gasteiger partial charge in [-0.3, -0.25) is 4.79 Å². The molecule has 1 aliphatic carbocycles. The van der Waals surface area contributed by atoms with Gasteiger partial charge in [0.05, 0.1) is 17.2 Å². The number of amides is 1. The van der Waals surface area contributed by atoms with Crippen molar-refractivity contribution >= 4 is 15.9 Å². The Kier molecular flexibility index (Phi) is 5.49. The highest BCUT2D eigenvalue weighted by Gasteiger charge is 2.45. The SMILES string of the molecule is CCS(=O)(=O)N1CCC(C(=O)NC2CCc3ccccc32)(c2ccccc2)CC1. The van der Waals surface area contributed by atoms with Crippen molar-refractivity contribution in [3.05, 3.63) is 71.3 Å². The van der Waals surface area contributed by atoms with Gasteiger partial charge < -0.3 is 5.32 Å². The summed E-state index contributed by atoms with van der Waals surface area (Å²) in [4.78, 5) is 13.6. The van der Waals surface area contributed by atoms with Crippen LogP contribution in [0.4, 0.5) is 0 Å². The van der Waals surface area contributed by atoms with E-state index in [0.717, 1.165) is 18.4 Å². The Bertz CT molecular complexity index is 980. The summed E-state index contributed by atoms with van der Waals surface area (Å²) in [5.74, 6) is 0.107. The number of carbonyl (C=O) groups excluding carboxylic acids is 1. The van der Waals surface area contributed by atoms with Crippen LogP contribution in [-0.4, -0.2) is 37.5 Å². The van der Waals surface area contributed by atoms with E-state index in [2.05, 4.69) is 17.4 Å². The summed E-state index contributed by atoms with van der Waals surface area (Å²) in [5.41, 5.74) is 2.78. The van der Waals surface area contributed by atoms with Crippen LogP contribution in [0.1, 0.15) is 48.9 Å². The Labute approximate surface area is 173 Å². The second-order valence-corrected chi connectivity index (χ2v) is 10.3. The molecule has 1 fully saturated rings. The molecule has 0 saturated carbocycles. The Balaban J connectivity index is 1.60. The smallest absolute Gasteiger partial charge is 0.231 e. The van der Waals surface area contributed by atoms with Gasteiger partial charge in [0.2, 0.25) is 15.9 Å². The first-order chi connectivity index (χ1) is 14.0. The van der Waals surface area contributed by atoms with Crippen LogP contribution in [0, 0.1) is 0 Å². The number of aryl methyl sites for hydroxylation is 1. The first-order valence-corrected chi connectivity index (χ1v) is 12.0. The molecule has 0 bridgehead atoms. The summed E-state index contributed by atoms with van der Waals surface area (Å²) in [6.45, 7) is 2.41. The van der Waals surface area contributed by atoms with Crippen molar-refractivity contribution in [2.24, 2.45) is 0 Å². The molecule has 5 nitrogen and oxygen atoms in total. The van der Waals surface area contributed by atoms with Gasteiger partial charge >= 0.3 is 0 Å². The monoisotopic (exact) mass is 412 g/mol. The topological polar surface area (TPSA) is 66.5 Å². The fraction of sp³-hybridized carbons (Fsp3) is 0.435. The molecule has 29 heavy (non-hydrogen) atoms. The lowest BCUT2D eigenvalue weighted by Crippen LogP contribution is -2.53. The highest BCUT2D eigenvalue weighted by atomic mass is 32.2. The zero-order valence-electron chi connectivity index (χ0n) is 16.8. The fourth-order valence-corrected chi connectivity index (χ4v) is 5.84. The van der Waals surface area contributed by atoms with Crippen molar-refractivity contribution in [2.45, 2.75) is 44.1 Å². The molecule has 2 aromatic carbocycles. The molecule has 0 aromatic heterocycles. The molecule has 0 spiro atoms. The van der Waals surface area contributed by atoms with E-state index in [0.29, 0.717) is 25.9 Å². The van der Waals surface area contributed by atoms with E-state index < -0.39 is 15.4 Å². The average molecular weight is 413 g/mol. The van der Waals surface area contributed by atoms with E-state index in [1.807, 2.05) is 42.5 Å². The van der Waals surface area contributed by atoms with E-state index in [9.17, 15) is 13.2 Å². The lowest BCUT2D eigenvalue weighted by molar-refractivity contribution is -0.129. The van der Waals surface area contributed by atoms with Crippen LogP contribution in [-0.2, 0) is 26.7 Å². The number of nitrogens with one attached hydrogen (secondary N) is 1. The maximum atomic E-state index is 13.6. The predicted molar refractivity (Wildman–Crippen MR) is 114 cm³/mol. The van der Waals surface area contributed by atoms with Gasteiger partial charge in [-0.05, 0) is 49.3 Å². The fourth-order valence-electron chi connectivity index (χ4n) is 4.74. The summed E-state index contributed by atoms with van der Waals surface area (Å²) in [6, 6.07) is 18.1. The Morgan fingerprint density at radius 2 is 1.72 bits per heavy atom. The molecule has 2 aromatic rings. The molecule has 6 heteroatoms. The Morgan fingerprint density at radius 3 is 2.41 bits per heavy atom. The van der Waals surface area contributed by atoms with E-state index in [4.69, 9.17) is 0 Å². The summed E-state index contributed by atoms with van der Waals surface area (Å²) in [6.07, 6.45) is 2.88. The first-order valence-electron chi connectivity index (χ1n) is 10.4. The quantitative estimate of drug-likeness (QED) is 0.820. The summed E-state index contributed by atoms with van der Waals surface area (Å²) < 4.78 is 26.2. The van der Waals surface area contributed by atoms with Crippen LogP contribution in [0.2, 0.25) is 0 Å². The van der Waals surface area contributed by atoms with Gasteiger partial charge in [0.25, 0.3) is 0 Å². The van der Waals surface area contributed by atoms with Crippen molar-refractivity contribution in [1.82, 2.24) is 9.62 Å². The van der Waals surface area contributed by atoms with Crippen molar-refractivity contribution in [3.63, 3.8) is 0 Å². The third-order valence-corrected chi connectivity index (χ3v) is 8.41. The zero-order chi connectivity index (χ0) is 20.5. The molecule has 1 saturated heterocycles. The second-order valence-electron chi connectivity index (χ2n) is 8.01. The zero-order valence-corrected chi connectivity index (χ0v) is 17.6.